The Morgan fingerprint density at radius 3 is 2.24 bits per heavy atom. The lowest BCUT2D eigenvalue weighted by Gasteiger charge is -2.33. The van der Waals surface area contributed by atoms with Crippen LogP contribution >= 0.6 is 0 Å². The summed E-state index contributed by atoms with van der Waals surface area (Å²) in [6.07, 6.45) is 0. The van der Waals surface area contributed by atoms with Gasteiger partial charge in [0, 0.05) is 0 Å². The van der Waals surface area contributed by atoms with Crippen molar-refractivity contribution < 1.29 is 19.7 Å². The topological polar surface area (TPSA) is 66.8 Å². The Bertz CT molecular complexity index is 420. The summed E-state index contributed by atoms with van der Waals surface area (Å²) in [6.45, 7) is 6.85. The van der Waals surface area contributed by atoms with E-state index >= 15 is 0 Å². The van der Waals surface area contributed by atoms with Gasteiger partial charge in [0.25, 0.3) is 0 Å². The fourth-order valence-electron chi connectivity index (χ4n) is 1.64. The van der Waals surface area contributed by atoms with Gasteiger partial charge in [-0.3, -0.25) is 0 Å². The van der Waals surface area contributed by atoms with E-state index in [1.807, 2.05) is 0 Å². The van der Waals surface area contributed by atoms with Gasteiger partial charge >= 0.3 is 5.97 Å². The number of carboxylic acid groups (broad SMARTS) is 1. The van der Waals surface area contributed by atoms with E-state index in [0.717, 1.165) is 0 Å². The number of hydrogen-bond acceptors (Lipinski definition) is 3. The van der Waals surface area contributed by atoms with E-state index in [1.54, 1.807) is 32.9 Å². The Kier molecular flexibility index (Phi) is 3.48. The molecule has 0 aliphatic heterocycles. The average Bonchev–Trinajstić information content (AvgIpc) is 2.14. The summed E-state index contributed by atoms with van der Waals surface area (Å²) in [7, 11) is 0. The van der Waals surface area contributed by atoms with E-state index < -0.39 is 17.2 Å². The van der Waals surface area contributed by atoms with Gasteiger partial charge in [-0.15, -0.1) is 0 Å². The van der Waals surface area contributed by atoms with Gasteiger partial charge in [-0.25, -0.2) is 4.79 Å². The van der Waals surface area contributed by atoms with Crippen LogP contribution in [0.2, 0.25) is 0 Å². The number of carbonyl (C=O) groups is 1. The monoisotopic (exact) mass is 238 g/mol. The second-order valence-electron chi connectivity index (χ2n) is 5.10. The van der Waals surface area contributed by atoms with Crippen LogP contribution in [0.4, 0.5) is 0 Å². The molecule has 94 valence electrons. The summed E-state index contributed by atoms with van der Waals surface area (Å²) in [5, 5.41) is 18.7. The number of rotatable bonds is 3. The van der Waals surface area contributed by atoms with Gasteiger partial charge in [-0.1, -0.05) is 12.1 Å². The third kappa shape index (κ3) is 3.20. The number of carboxylic acids is 1. The standard InChI is InChI=1S/C13H18O4/c1-12(2,3)17-13(4,11(15)16)9-6-5-7-10(14)8-9/h5-8,14H,1-4H3,(H,15,16). The highest BCUT2D eigenvalue weighted by Crippen LogP contribution is 2.32. The summed E-state index contributed by atoms with van der Waals surface area (Å²) in [6, 6.07) is 6.11. The number of hydrogen-bond donors (Lipinski definition) is 2. The molecule has 1 atom stereocenters. The normalized spacial score (nSPS) is 15.3. The SMILES string of the molecule is CC(C)(C)OC(C)(C(=O)O)c1cccc(O)c1. The number of phenolic OH excluding ortho intramolecular Hbond substituents is 1. The lowest BCUT2D eigenvalue weighted by Crippen LogP contribution is -2.41. The molecule has 4 nitrogen and oxygen atoms in total. The Morgan fingerprint density at radius 2 is 1.82 bits per heavy atom. The molecule has 0 saturated heterocycles. The lowest BCUT2D eigenvalue weighted by atomic mass is 9.94. The first-order chi connectivity index (χ1) is 7.65. The zero-order chi connectivity index (χ0) is 13.3. The molecular weight excluding hydrogens is 220 g/mol. The zero-order valence-corrected chi connectivity index (χ0v) is 10.5. The van der Waals surface area contributed by atoms with Gasteiger partial charge in [-0.2, -0.15) is 0 Å². The number of aliphatic carboxylic acids is 1. The van der Waals surface area contributed by atoms with Crippen molar-refractivity contribution in [1.82, 2.24) is 0 Å². The fraction of sp³-hybridized carbons (Fsp3) is 0.462. The lowest BCUT2D eigenvalue weighted by molar-refractivity contribution is -0.183. The first-order valence-electron chi connectivity index (χ1n) is 5.38. The van der Waals surface area contributed by atoms with Crippen molar-refractivity contribution in [2.45, 2.75) is 38.9 Å². The predicted molar refractivity (Wildman–Crippen MR) is 63.9 cm³/mol. The summed E-state index contributed by atoms with van der Waals surface area (Å²) in [4.78, 5) is 11.4. The highest BCUT2D eigenvalue weighted by Gasteiger charge is 2.40. The van der Waals surface area contributed by atoms with Crippen LogP contribution in [0.1, 0.15) is 33.3 Å². The molecule has 17 heavy (non-hydrogen) atoms. The zero-order valence-electron chi connectivity index (χ0n) is 10.5. The van der Waals surface area contributed by atoms with E-state index in [-0.39, 0.29) is 5.75 Å². The molecule has 0 amide bonds. The maximum absolute atomic E-state index is 11.4. The van der Waals surface area contributed by atoms with Gasteiger partial charge in [0.15, 0.2) is 5.60 Å². The van der Waals surface area contributed by atoms with Gasteiger partial charge in [0.05, 0.1) is 5.60 Å². The Balaban J connectivity index is 3.21. The van der Waals surface area contributed by atoms with Crippen molar-refractivity contribution in [2.24, 2.45) is 0 Å². The molecule has 0 aliphatic rings. The Hall–Kier alpha value is -1.55. The Labute approximate surface area is 101 Å². The van der Waals surface area contributed by atoms with Gasteiger partial charge in [0.1, 0.15) is 5.75 Å². The fourth-order valence-corrected chi connectivity index (χ4v) is 1.64. The van der Waals surface area contributed by atoms with Crippen molar-refractivity contribution in [3.8, 4) is 5.75 Å². The van der Waals surface area contributed by atoms with E-state index in [1.165, 1.54) is 19.1 Å². The summed E-state index contributed by atoms with van der Waals surface area (Å²) in [5.41, 5.74) is -1.66. The third-order valence-electron chi connectivity index (χ3n) is 2.32. The number of phenols is 1. The maximum atomic E-state index is 11.4. The smallest absolute Gasteiger partial charge is 0.340 e. The van der Waals surface area contributed by atoms with Crippen LogP contribution in [-0.4, -0.2) is 21.8 Å². The van der Waals surface area contributed by atoms with Crippen molar-refractivity contribution >= 4 is 5.97 Å². The summed E-state index contributed by atoms with van der Waals surface area (Å²) < 4.78 is 5.62. The molecule has 0 heterocycles. The van der Waals surface area contributed by atoms with Crippen LogP contribution in [0.3, 0.4) is 0 Å². The van der Waals surface area contributed by atoms with Gasteiger partial charge in [-0.05, 0) is 45.4 Å². The van der Waals surface area contributed by atoms with E-state index in [9.17, 15) is 15.0 Å². The van der Waals surface area contributed by atoms with E-state index in [0.29, 0.717) is 5.56 Å². The minimum atomic E-state index is -1.48. The van der Waals surface area contributed by atoms with Crippen molar-refractivity contribution in [1.29, 1.82) is 0 Å². The number of ether oxygens (including phenoxy) is 1. The van der Waals surface area contributed by atoms with Gasteiger partial charge < -0.3 is 14.9 Å². The molecule has 0 aromatic heterocycles. The first kappa shape index (κ1) is 13.5. The second kappa shape index (κ2) is 4.37. The van der Waals surface area contributed by atoms with Gasteiger partial charge in [0.2, 0.25) is 0 Å². The van der Waals surface area contributed by atoms with Crippen LogP contribution in [0.5, 0.6) is 5.75 Å². The molecule has 0 radical (unpaired) electrons. The first-order valence-corrected chi connectivity index (χ1v) is 5.38. The predicted octanol–water partition coefficient (Wildman–Crippen LogP) is 2.51. The summed E-state index contributed by atoms with van der Waals surface area (Å²) >= 11 is 0. The Morgan fingerprint density at radius 1 is 1.24 bits per heavy atom. The number of benzene rings is 1. The van der Waals surface area contributed by atoms with E-state index in [2.05, 4.69) is 0 Å². The largest absolute Gasteiger partial charge is 0.508 e. The molecule has 1 unspecified atom stereocenters. The van der Waals surface area contributed by atoms with Crippen LogP contribution in [-0.2, 0) is 15.1 Å². The van der Waals surface area contributed by atoms with Crippen LogP contribution < -0.4 is 0 Å². The molecule has 0 bridgehead atoms. The molecule has 1 aromatic rings. The van der Waals surface area contributed by atoms with Crippen molar-refractivity contribution in [2.75, 3.05) is 0 Å². The molecule has 0 aliphatic carbocycles. The highest BCUT2D eigenvalue weighted by atomic mass is 16.5. The van der Waals surface area contributed by atoms with Crippen LogP contribution in [0.15, 0.2) is 24.3 Å². The van der Waals surface area contributed by atoms with Crippen molar-refractivity contribution in [3.05, 3.63) is 29.8 Å². The quantitative estimate of drug-likeness (QED) is 0.849. The molecule has 0 fully saturated rings. The summed E-state index contributed by atoms with van der Waals surface area (Å²) in [5.74, 6) is -1.06. The molecule has 0 spiro atoms. The maximum Gasteiger partial charge on any atom is 0.340 e. The second-order valence-corrected chi connectivity index (χ2v) is 5.10. The van der Waals surface area contributed by atoms with E-state index in [4.69, 9.17) is 4.74 Å². The highest BCUT2D eigenvalue weighted by molar-refractivity contribution is 5.79. The average molecular weight is 238 g/mol. The minimum Gasteiger partial charge on any atom is -0.508 e. The molecular formula is C13H18O4. The minimum absolute atomic E-state index is 0.0208. The molecule has 4 heteroatoms. The molecule has 2 N–H and O–H groups in total. The molecule has 1 rings (SSSR count). The number of aromatic hydroxyl groups is 1. The van der Waals surface area contributed by atoms with Crippen LogP contribution in [0, 0.1) is 0 Å². The third-order valence-corrected chi connectivity index (χ3v) is 2.32. The molecule has 0 saturated carbocycles. The van der Waals surface area contributed by atoms with Crippen LogP contribution in [0.25, 0.3) is 0 Å². The van der Waals surface area contributed by atoms with Crippen molar-refractivity contribution in [3.63, 3.8) is 0 Å². The molecule has 1 aromatic carbocycles.